The number of aromatic nitrogens is 2. The molecule has 4 heterocycles. The predicted molar refractivity (Wildman–Crippen MR) is 136 cm³/mol. The van der Waals surface area contributed by atoms with Gasteiger partial charge < -0.3 is 19.6 Å². The van der Waals surface area contributed by atoms with Gasteiger partial charge in [-0.1, -0.05) is 12.1 Å². The molecule has 0 radical (unpaired) electrons. The zero-order chi connectivity index (χ0) is 23.1. The first-order valence-corrected chi connectivity index (χ1v) is 12.5. The number of amides is 1. The minimum absolute atomic E-state index is 0.121. The zero-order valence-corrected chi connectivity index (χ0v) is 20.7. The molecule has 2 aliphatic heterocycles. The molecule has 0 aliphatic carbocycles. The maximum absolute atomic E-state index is 13.6. The second kappa shape index (κ2) is 8.91. The first-order chi connectivity index (χ1) is 15.9. The number of thiophene rings is 1. The van der Waals surface area contributed by atoms with Crippen molar-refractivity contribution in [2.24, 2.45) is 0 Å². The van der Waals surface area contributed by atoms with Crippen molar-refractivity contribution in [1.82, 2.24) is 19.8 Å². The van der Waals surface area contributed by atoms with Crippen LogP contribution < -0.4 is 9.80 Å². The van der Waals surface area contributed by atoms with Gasteiger partial charge in [-0.05, 0) is 51.1 Å². The van der Waals surface area contributed by atoms with Crippen LogP contribution >= 0.6 is 11.3 Å². The lowest BCUT2D eigenvalue weighted by Crippen LogP contribution is -2.53. The van der Waals surface area contributed by atoms with Gasteiger partial charge in [0.15, 0.2) is 0 Å². The Bertz CT molecular complexity index is 1170. The van der Waals surface area contributed by atoms with Gasteiger partial charge in [0, 0.05) is 57.5 Å². The quantitative estimate of drug-likeness (QED) is 0.592. The molecule has 1 amide bonds. The number of anilines is 2. The number of hydrogen-bond acceptors (Lipinski definition) is 7. The van der Waals surface area contributed by atoms with E-state index in [2.05, 4.69) is 76.8 Å². The van der Waals surface area contributed by atoms with Gasteiger partial charge in [0.25, 0.3) is 5.91 Å². The van der Waals surface area contributed by atoms with E-state index < -0.39 is 0 Å². The van der Waals surface area contributed by atoms with E-state index in [4.69, 9.17) is 0 Å². The highest BCUT2D eigenvalue weighted by Crippen LogP contribution is 2.36. The summed E-state index contributed by atoms with van der Waals surface area (Å²) in [6.45, 7) is 12.6. The molecule has 7 nitrogen and oxygen atoms in total. The number of aryl methyl sites for hydroxylation is 2. The Morgan fingerprint density at radius 1 is 1.06 bits per heavy atom. The van der Waals surface area contributed by atoms with E-state index in [1.807, 2.05) is 4.90 Å². The van der Waals surface area contributed by atoms with Crippen LogP contribution in [0.3, 0.4) is 0 Å². The SMILES string of the molecule is Cc1cccc(N2CCN(C(=O)c3sc4ncnc(N5CCN(C)CC5)c4c3C)CC2C)c1. The van der Waals surface area contributed by atoms with Crippen LogP contribution in [0.1, 0.15) is 27.7 Å². The molecule has 2 aromatic heterocycles. The molecule has 1 aromatic carbocycles. The number of nitrogens with zero attached hydrogens (tertiary/aromatic N) is 6. The Morgan fingerprint density at radius 2 is 1.85 bits per heavy atom. The van der Waals surface area contributed by atoms with Gasteiger partial charge in [0.1, 0.15) is 17.0 Å². The van der Waals surface area contributed by atoms with E-state index in [0.717, 1.165) is 72.3 Å². The molecule has 2 aliphatic rings. The fourth-order valence-corrected chi connectivity index (χ4v) is 6.10. The molecule has 1 unspecified atom stereocenters. The Kier molecular flexibility index (Phi) is 5.97. The highest BCUT2D eigenvalue weighted by Gasteiger charge is 2.31. The van der Waals surface area contributed by atoms with E-state index >= 15 is 0 Å². The van der Waals surface area contributed by atoms with Crippen LogP contribution in [-0.2, 0) is 0 Å². The number of benzene rings is 1. The number of carbonyl (C=O) groups is 1. The minimum Gasteiger partial charge on any atom is -0.365 e. The average molecular weight is 465 g/mol. The van der Waals surface area contributed by atoms with Gasteiger partial charge in [0.2, 0.25) is 0 Å². The summed E-state index contributed by atoms with van der Waals surface area (Å²) in [6.07, 6.45) is 1.64. The first-order valence-electron chi connectivity index (χ1n) is 11.7. The lowest BCUT2D eigenvalue weighted by molar-refractivity contribution is 0.0730. The van der Waals surface area contributed by atoms with Gasteiger partial charge in [-0.3, -0.25) is 4.79 Å². The standard InChI is InChI=1S/C25H32N6OS/c1-17-6-5-7-20(14-17)31-13-12-30(15-18(31)2)25(32)22-19(3)21-23(26-16-27-24(21)33-22)29-10-8-28(4)9-11-29/h5-7,14,16,18H,8-13,15H2,1-4H3. The monoisotopic (exact) mass is 464 g/mol. The highest BCUT2D eigenvalue weighted by atomic mass is 32.1. The molecule has 8 heteroatoms. The van der Waals surface area contributed by atoms with Crippen LogP contribution in [0.15, 0.2) is 30.6 Å². The Morgan fingerprint density at radius 3 is 2.58 bits per heavy atom. The summed E-state index contributed by atoms with van der Waals surface area (Å²) in [5.74, 6) is 1.09. The highest BCUT2D eigenvalue weighted by molar-refractivity contribution is 7.20. The van der Waals surface area contributed by atoms with E-state index in [1.165, 1.54) is 22.6 Å². The van der Waals surface area contributed by atoms with Crippen molar-refractivity contribution >= 4 is 39.0 Å². The molecular weight excluding hydrogens is 432 g/mol. The lowest BCUT2D eigenvalue weighted by Gasteiger charge is -2.41. The smallest absolute Gasteiger partial charge is 0.264 e. The largest absolute Gasteiger partial charge is 0.365 e. The molecule has 2 fully saturated rings. The molecule has 33 heavy (non-hydrogen) atoms. The third kappa shape index (κ3) is 4.17. The van der Waals surface area contributed by atoms with Crippen molar-refractivity contribution in [3.8, 4) is 0 Å². The maximum Gasteiger partial charge on any atom is 0.264 e. The Balaban J connectivity index is 1.38. The van der Waals surface area contributed by atoms with Crippen LogP contribution in [0.4, 0.5) is 11.5 Å². The van der Waals surface area contributed by atoms with Gasteiger partial charge in [0.05, 0.1) is 10.3 Å². The fourth-order valence-electron chi connectivity index (χ4n) is 4.99. The molecule has 0 bridgehead atoms. The minimum atomic E-state index is 0.121. The molecule has 2 saturated heterocycles. The van der Waals surface area contributed by atoms with Crippen LogP contribution in [-0.4, -0.2) is 84.6 Å². The number of rotatable bonds is 3. The van der Waals surface area contributed by atoms with Crippen molar-refractivity contribution in [1.29, 1.82) is 0 Å². The zero-order valence-electron chi connectivity index (χ0n) is 19.9. The van der Waals surface area contributed by atoms with Crippen molar-refractivity contribution in [2.45, 2.75) is 26.8 Å². The molecule has 5 rings (SSSR count). The summed E-state index contributed by atoms with van der Waals surface area (Å²) >= 11 is 1.51. The third-order valence-electron chi connectivity index (χ3n) is 6.95. The average Bonchev–Trinajstić information content (AvgIpc) is 3.15. The van der Waals surface area contributed by atoms with E-state index in [0.29, 0.717) is 0 Å². The van der Waals surface area contributed by atoms with E-state index in [-0.39, 0.29) is 11.9 Å². The molecule has 0 N–H and O–H groups in total. The van der Waals surface area contributed by atoms with Crippen molar-refractivity contribution in [3.05, 3.63) is 46.6 Å². The van der Waals surface area contributed by atoms with Crippen LogP contribution in [0.2, 0.25) is 0 Å². The molecule has 0 saturated carbocycles. The Labute approximate surface area is 199 Å². The van der Waals surface area contributed by atoms with Crippen molar-refractivity contribution < 1.29 is 4.79 Å². The van der Waals surface area contributed by atoms with Crippen LogP contribution in [0.5, 0.6) is 0 Å². The summed E-state index contributed by atoms with van der Waals surface area (Å²) in [7, 11) is 2.15. The van der Waals surface area contributed by atoms with Gasteiger partial charge >= 0.3 is 0 Å². The summed E-state index contributed by atoms with van der Waals surface area (Å²) in [6, 6.07) is 8.88. The Hall–Kier alpha value is -2.71. The molecular formula is C25H32N6OS. The maximum atomic E-state index is 13.6. The van der Waals surface area contributed by atoms with Gasteiger partial charge in [-0.2, -0.15) is 0 Å². The van der Waals surface area contributed by atoms with Gasteiger partial charge in [-0.25, -0.2) is 9.97 Å². The third-order valence-corrected chi connectivity index (χ3v) is 8.14. The van der Waals surface area contributed by atoms with Crippen LogP contribution in [0.25, 0.3) is 10.2 Å². The molecule has 0 spiro atoms. The second-order valence-corrected chi connectivity index (χ2v) is 10.4. The molecule has 174 valence electrons. The fraction of sp³-hybridized carbons (Fsp3) is 0.480. The number of hydrogen-bond donors (Lipinski definition) is 0. The number of fused-ring (bicyclic) bond motifs is 1. The van der Waals surface area contributed by atoms with Crippen molar-refractivity contribution in [3.63, 3.8) is 0 Å². The second-order valence-electron chi connectivity index (χ2n) is 9.36. The van der Waals surface area contributed by atoms with Crippen molar-refractivity contribution in [2.75, 3.05) is 62.7 Å². The topological polar surface area (TPSA) is 55.8 Å². The number of piperazine rings is 2. The summed E-state index contributed by atoms with van der Waals surface area (Å²) in [5.41, 5.74) is 3.51. The summed E-state index contributed by atoms with van der Waals surface area (Å²) in [4.78, 5) is 33.6. The number of likely N-dealkylation sites (N-methyl/N-ethyl adjacent to an activating group) is 1. The normalized spacial score (nSPS) is 20.0. The van der Waals surface area contributed by atoms with Gasteiger partial charge in [-0.15, -0.1) is 11.3 Å². The van der Waals surface area contributed by atoms with E-state index in [1.54, 1.807) is 6.33 Å². The summed E-state index contributed by atoms with van der Waals surface area (Å²) < 4.78 is 0. The number of carbonyl (C=O) groups excluding carboxylic acids is 1. The van der Waals surface area contributed by atoms with Crippen LogP contribution in [0, 0.1) is 13.8 Å². The first kappa shape index (κ1) is 22.1. The molecule has 1 atom stereocenters. The summed E-state index contributed by atoms with van der Waals surface area (Å²) in [5, 5.41) is 1.04. The van der Waals surface area contributed by atoms with E-state index in [9.17, 15) is 4.79 Å². The predicted octanol–water partition coefficient (Wildman–Crippen LogP) is 3.41. The lowest BCUT2D eigenvalue weighted by atomic mass is 10.1. The molecule has 3 aromatic rings.